The van der Waals surface area contributed by atoms with Crippen LogP contribution >= 0.6 is 0 Å². The molecule has 0 saturated carbocycles. The Kier molecular flexibility index (Phi) is 6.45. The number of fused-ring (bicyclic) bond motifs is 3. The van der Waals surface area contributed by atoms with Gasteiger partial charge in [0.15, 0.2) is 0 Å². The molecule has 3 atom stereocenters. The van der Waals surface area contributed by atoms with Crippen LogP contribution in [0, 0.1) is 19.3 Å². The van der Waals surface area contributed by atoms with Crippen molar-refractivity contribution in [1.29, 1.82) is 0 Å². The van der Waals surface area contributed by atoms with E-state index in [9.17, 15) is 9.90 Å². The van der Waals surface area contributed by atoms with Crippen molar-refractivity contribution in [3.05, 3.63) is 87.5 Å². The average molecular weight is 539 g/mol. The van der Waals surface area contributed by atoms with Gasteiger partial charge in [-0.2, -0.15) is 0 Å². The molecular weight excluding hydrogens is 500 g/mol. The number of aliphatic carboxylic acids is 1. The Hall–Kier alpha value is -3.71. The molecule has 2 aliphatic rings. The van der Waals surface area contributed by atoms with Crippen molar-refractivity contribution >= 4 is 17.0 Å². The zero-order chi connectivity index (χ0) is 28.3. The van der Waals surface area contributed by atoms with Crippen molar-refractivity contribution in [1.82, 2.24) is 19.9 Å². The molecule has 1 aliphatic carbocycles. The molecule has 0 bridgehead atoms. The smallest absolute Gasteiger partial charge is 0.310 e. The Labute approximate surface area is 235 Å². The fraction of sp³-hybridized carbons (Fsp3) is 0.424. The van der Waals surface area contributed by atoms with E-state index in [0.717, 1.165) is 59.4 Å². The highest BCUT2D eigenvalue weighted by Gasteiger charge is 2.41. The fourth-order valence-electron chi connectivity index (χ4n) is 6.88. The number of ether oxygens (including phenoxy) is 1. The van der Waals surface area contributed by atoms with Gasteiger partial charge in [-0.1, -0.05) is 47.2 Å². The van der Waals surface area contributed by atoms with Crippen LogP contribution in [0.5, 0.6) is 5.75 Å². The van der Waals surface area contributed by atoms with E-state index in [1.807, 2.05) is 33.9 Å². The third-order valence-electron chi connectivity index (χ3n) is 9.06. The largest absolute Gasteiger partial charge is 0.489 e. The Morgan fingerprint density at radius 2 is 1.90 bits per heavy atom. The van der Waals surface area contributed by atoms with Crippen LogP contribution in [0.1, 0.15) is 78.1 Å². The molecule has 3 unspecified atom stereocenters. The third kappa shape index (κ3) is 4.37. The molecule has 1 N–H and O–H groups in total. The molecule has 7 heteroatoms. The van der Waals surface area contributed by atoms with Crippen molar-refractivity contribution in [2.45, 2.75) is 72.1 Å². The molecule has 208 valence electrons. The van der Waals surface area contributed by atoms with Gasteiger partial charge in [-0.3, -0.25) is 9.69 Å². The first-order valence-electron chi connectivity index (χ1n) is 14.2. The predicted molar refractivity (Wildman–Crippen MR) is 156 cm³/mol. The van der Waals surface area contributed by atoms with Gasteiger partial charge >= 0.3 is 5.97 Å². The second-order valence-electron chi connectivity index (χ2n) is 12.3. The van der Waals surface area contributed by atoms with Crippen LogP contribution in [0.4, 0.5) is 0 Å². The van der Waals surface area contributed by atoms with Gasteiger partial charge in [-0.25, -0.2) is 4.68 Å². The van der Waals surface area contributed by atoms with E-state index in [1.165, 1.54) is 22.3 Å². The van der Waals surface area contributed by atoms with Gasteiger partial charge in [-0.05, 0) is 87.4 Å². The minimum Gasteiger partial charge on any atom is -0.489 e. The molecule has 0 saturated heterocycles. The van der Waals surface area contributed by atoms with Crippen molar-refractivity contribution < 1.29 is 14.6 Å². The summed E-state index contributed by atoms with van der Waals surface area (Å²) < 4.78 is 8.07. The molecule has 2 heterocycles. The molecule has 1 aromatic heterocycles. The lowest BCUT2D eigenvalue weighted by Gasteiger charge is -2.34. The molecule has 3 aromatic carbocycles. The van der Waals surface area contributed by atoms with Crippen LogP contribution in [0.2, 0.25) is 0 Å². The summed E-state index contributed by atoms with van der Waals surface area (Å²) in [5.41, 5.74) is 8.84. The number of carboxylic acid groups (broad SMARTS) is 1. The first kappa shape index (κ1) is 26.5. The standard InChI is InChI=1S/C33H38N4O3/c1-19-7-14-29-24(15-19)18-37(17-20(2)40-29)27-12-10-22-8-9-23(16-26(22)27)30(33(4,5)32(38)39)25-11-13-28-31(21(25)3)34-35-36(28)6/h7-9,11,13-16,20,27,30H,10,12,17-18H2,1-6H3,(H,38,39). The lowest BCUT2D eigenvalue weighted by atomic mass is 9.69. The van der Waals surface area contributed by atoms with Crippen molar-refractivity contribution in [2.24, 2.45) is 12.5 Å². The number of benzene rings is 3. The van der Waals surface area contributed by atoms with E-state index >= 15 is 0 Å². The third-order valence-corrected chi connectivity index (χ3v) is 9.06. The van der Waals surface area contributed by atoms with E-state index in [1.54, 1.807) is 4.68 Å². The molecule has 0 amide bonds. The van der Waals surface area contributed by atoms with Gasteiger partial charge in [0.25, 0.3) is 0 Å². The quantitative estimate of drug-likeness (QED) is 0.331. The fourth-order valence-corrected chi connectivity index (χ4v) is 6.88. The molecule has 40 heavy (non-hydrogen) atoms. The van der Waals surface area contributed by atoms with E-state index in [2.05, 4.69) is 71.5 Å². The zero-order valence-corrected chi connectivity index (χ0v) is 24.2. The average Bonchev–Trinajstić information content (AvgIpc) is 3.45. The van der Waals surface area contributed by atoms with Gasteiger partial charge in [0.05, 0.1) is 10.9 Å². The maximum atomic E-state index is 12.7. The molecule has 0 fully saturated rings. The maximum Gasteiger partial charge on any atom is 0.310 e. The number of carbonyl (C=O) groups is 1. The van der Waals surface area contributed by atoms with Gasteiger partial charge in [0.2, 0.25) is 0 Å². The second-order valence-corrected chi connectivity index (χ2v) is 12.3. The SMILES string of the molecule is Cc1ccc2c(c1)CN(C1CCc3ccc(C(c4ccc5c(nnn5C)c4C)C(C)(C)C(=O)O)cc31)CC(C)O2. The summed E-state index contributed by atoms with van der Waals surface area (Å²) >= 11 is 0. The maximum absolute atomic E-state index is 12.7. The molecule has 0 spiro atoms. The minimum absolute atomic E-state index is 0.0799. The summed E-state index contributed by atoms with van der Waals surface area (Å²) in [7, 11) is 1.88. The summed E-state index contributed by atoms with van der Waals surface area (Å²) in [6, 6.07) is 17.4. The number of aromatic nitrogens is 3. The second kappa shape index (κ2) is 9.73. The van der Waals surface area contributed by atoms with Gasteiger partial charge in [-0.15, -0.1) is 5.10 Å². The predicted octanol–water partition coefficient (Wildman–Crippen LogP) is 6.10. The summed E-state index contributed by atoms with van der Waals surface area (Å²) in [4.78, 5) is 15.3. The number of hydrogen-bond acceptors (Lipinski definition) is 5. The van der Waals surface area contributed by atoms with E-state index in [-0.39, 0.29) is 18.1 Å². The summed E-state index contributed by atoms with van der Waals surface area (Å²) in [6.45, 7) is 11.6. The van der Waals surface area contributed by atoms with Crippen LogP contribution in [-0.4, -0.2) is 43.6 Å². The van der Waals surface area contributed by atoms with Crippen LogP contribution in [0.3, 0.4) is 0 Å². The lowest BCUT2D eigenvalue weighted by Crippen LogP contribution is -2.34. The molecule has 4 aromatic rings. The van der Waals surface area contributed by atoms with Gasteiger partial charge in [0, 0.05) is 37.7 Å². The normalized spacial score (nSPS) is 20.1. The van der Waals surface area contributed by atoms with Gasteiger partial charge in [0.1, 0.15) is 17.4 Å². The van der Waals surface area contributed by atoms with Crippen LogP contribution in [0.25, 0.3) is 11.0 Å². The molecule has 6 rings (SSSR count). The topological polar surface area (TPSA) is 80.5 Å². The minimum atomic E-state index is -1.04. The molecular formula is C33H38N4O3. The van der Waals surface area contributed by atoms with E-state index < -0.39 is 11.4 Å². The summed E-state index contributed by atoms with van der Waals surface area (Å²) in [5, 5.41) is 19.0. The van der Waals surface area contributed by atoms with Gasteiger partial charge < -0.3 is 9.84 Å². The number of nitrogens with zero attached hydrogens (tertiary/aromatic N) is 4. The van der Waals surface area contributed by atoms with Crippen LogP contribution in [-0.2, 0) is 24.8 Å². The zero-order valence-electron chi connectivity index (χ0n) is 24.2. The molecule has 0 radical (unpaired) electrons. The lowest BCUT2D eigenvalue weighted by molar-refractivity contribution is -0.147. The highest BCUT2D eigenvalue weighted by molar-refractivity contribution is 5.81. The Balaban J connectivity index is 1.44. The van der Waals surface area contributed by atoms with E-state index in [0.29, 0.717) is 0 Å². The Morgan fingerprint density at radius 3 is 2.67 bits per heavy atom. The summed E-state index contributed by atoms with van der Waals surface area (Å²) in [6.07, 6.45) is 2.14. The first-order chi connectivity index (χ1) is 19.0. The van der Waals surface area contributed by atoms with E-state index in [4.69, 9.17) is 4.74 Å². The number of rotatable bonds is 5. The molecule has 7 nitrogen and oxygen atoms in total. The summed E-state index contributed by atoms with van der Waals surface area (Å²) in [5.74, 6) is -0.192. The van der Waals surface area contributed by atoms with Crippen molar-refractivity contribution in [3.63, 3.8) is 0 Å². The Bertz CT molecular complexity index is 1620. The highest BCUT2D eigenvalue weighted by Crippen LogP contribution is 2.46. The van der Waals surface area contributed by atoms with Crippen LogP contribution in [0.15, 0.2) is 48.5 Å². The van der Waals surface area contributed by atoms with Crippen LogP contribution < -0.4 is 4.74 Å². The monoisotopic (exact) mass is 538 g/mol. The number of hydrogen-bond donors (Lipinski definition) is 1. The van der Waals surface area contributed by atoms with Crippen molar-refractivity contribution in [3.8, 4) is 5.75 Å². The van der Waals surface area contributed by atoms with Crippen molar-refractivity contribution in [2.75, 3.05) is 6.54 Å². The molecule has 1 aliphatic heterocycles. The number of carboxylic acids is 1. The highest BCUT2D eigenvalue weighted by atomic mass is 16.5. The number of aryl methyl sites for hydroxylation is 4. The first-order valence-corrected chi connectivity index (χ1v) is 14.2. The Morgan fingerprint density at radius 1 is 1.10 bits per heavy atom.